The number of hydrogen-bond acceptors (Lipinski definition) is 3. The first-order valence-corrected chi connectivity index (χ1v) is 9.85. The number of aryl methyl sites for hydroxylation is 1. The molecule has 1 aromatic heterocycles. The molecule has 148 valence electrons. The highest BCUT2D eigenvalue weighted by Gasteiger charge is 2.21. The molecule has 3 aromatic rings. The van der Waals surface area contributed by atoms with Crippen molar-refractivity contribution in [3.05, 3.63) is 77.1 Å². The first kappa shape index (κ1) is 18.9. The van der Waals surface area contributed by atoms with Gasteiger partial charge in [0.1, 0.15) is 0 Å². The summed E-state index contributed by atoms with van der Waals surface area (Å²) in [7, 11) is 0. The highest BCUT2D eigenvalue weighted by Crippen LogP contribution is 2.27. The van der Waals surface area contributed by atoms with E-state index in [9.17, 15) is 9.59 Å². The largest absolute Gasteiger partial charge is 0.352 e. The number of carbonyl (C=O) groups excluding carboxylic acids is 2. The van der Waals surface area contributed by atoms with Crippen LogP contribution >= 0.6 is 0 Å². The van der Waals surface area contributed by atoms with E-state index in [-0.39, 0.29) is 11.8 Å². The van der Waals surface area contributed by atoms with E-state index in [0.717, 1.165) is 28.8 Å². The van der Waals surface area contributed by atoms with Crippen LogP contribution in [0.3, 0.4) is 0 Å². The third-order valence-corrected chi connectivity index (χ3v) is 5.19. The van der Waals surface area contributed by atoms with Crippen molar-refractivity contribution in [1.29, 1.82) is 0 Å². The monoisotopic (exact) mass is 388 g/mol. The lowest BCUT2D eigenvalue weighted by molar-refractivity contribution is 0.0945. The van der Waals surface area contributed by atoms with Crippen molar-refractivity contribution in [2.45, 2.75) is 26.3 Å². The zero-order valence-corrected chi connectivity index (χ0v) is 16.4. The Balaban J connectivity index is 1.37. The predicted molar refractivity (Wildman–Crippen MR) is 111 cm³/mol. The van der Waals surface area contributed by atoms with Gasteiger partial charge in [0.25, 0.3) is 11.8 Å². The summed E-state index contributed by atoms with van der Waals surface area (Å²) in [5.74, 6) is 0.441. The summed E-state index contributed by atoms with van der Waals surface area (Å²) in [4.78, 5) is 24.8. The first-order valence-electron chi connectivity index (χ1n) is 9.85. The van der Waals surface area contributed by atoms with E-state index in [2.05, 4.69) is 20.8 Å². The number of benzene rings is 2. The third-order valence-electron chi connectivity index (χ3n) is 5.19. The molecule has 0 atom stereocenters. The van der Waals surface area contributed by atoms with Crippen LogP contribution in [0.4, 0.5) is 0 Å². The van der Waals surface area contributed by atoms with E-state index in [4.69, 9.17) is 0 Å². The molecule has 1 aliphatic rings. The van der Waals surface area contributed by atoms with Gasteiger partial charge in [-0.2, -0.15) is 5.10 Å². The summed E-state index contributed by atoms with van der Waals surface area (Å²) < 4.78 is 0. The highest BCUT2D eigenvalue weighted by atomic mass is 16.2. The van der Waals surface area contributed by atoms with Crippen molar-refractivity contribution in [2.75, 3.05) is 6.54 Å². The quantitative estimate of drug-likeness (QED) is 0.579. The maximum atomic E-state index is 12.6. The molecule has 0 saturated heterocycles. The molecule has 6 heteroatoms. The second-order valence-electron chi connectivity index (χ2n) is 7.55. The Morgan fingerprint density at radius 3 is 2.59 bits per heavy atom. The number of carbonyl (C=O) groups is 2. The zero-order chi connectivity index (χ0) is 20.2. The Morgan fingerprint density at radius 1 is 1.07 bits per heavy atom. The van der Waals surface area contributed by atoms with Crippen molar-refractivity contribution in [2.24, 2.45) is 5.92 Å². The van der Waals surface area contributed by atoms with Gasteiger partial charge in [-0.3, -0.25) is 14.7 Å². The molecule has 0 unspecified atom stereocenters. The minimum atomic E-state index is -0.143. The topological polar surface area (TPSA) is 86.9 Å². The molecule has 0 radical (unpaired) electrons. The van der Waals surface area contributed by atoms with E-state index >= 15 is 0 Å². The summed E-state index contributed by atoms with van der Waals surface area (Å²) in [5, 5.41) is 12.7. The maximum Gasteiger partial charge on any atom is 0.251 e. The average Bonchev–Trinajstić information content (AvgIpc) is 3.42. The minimum Gasteiger partial charge on any atom is -0.352 e. The van der Waals surface area contributed by atoms with Crippen LogP contribution in [0, 0.1) is 12.8 Å². The fourth-order valence-corrected chi connectivity index (χ4v) is 3.29. The second kappa shape index (κ2) is 8.31. The van der Waals surface area contributed by atoms with E-state index < -0.39 is 0 Å². The fourth-order valence-electron chi connectivity index (χ4n) is 3.29. The molecule has 1 heterocycles. The summed E-state index contributed by atoms with van der Waals surface area (Å²) >= 11 is 0. The molecule has 2 aromatic carbocycles. The molecular formula is C23H24N4O2. The van der Waals surface area contributed by atoms with Crippen LogP contribution in [-0.4, -0.2) is 28.6 Å². The average molecular weight is 388 g/mol. The lowest BCUT2D eigenvalue weighted by Gasteiger charge is -2.10. The SMILES string of the molecule is Cc1cc(C(=O)NCc2cccc(C(=O)NCC3CC3)c2)ccc1-c1cn[nH]c1. The number of amides is 2. The number of rotatable bonds is 7. The molecule has 3 N–H and O–H groups in total. The second-order valence-corrected chi connectivity index (χ2v) is 7.55. The van der Waals surface area contributed by atoms with Crippen molar-refractivity contribution >= 4 is 11.8 Å². The van der Waals surface area contributed by atoms with Gasteiger partial charge in [0.2, 0.25) is 0 Å². The smallest absolute Gasteiger partial charge is 0.251 e. The van der Waals surface area contributed by atoms with Gasteiger partial charge in [0, 0.05) is 36.0 Å². The Morgan fingerprint density at radius 2 is 1.86 bits per heavy atom. The van der Waals surface area contributed by atoms with Gasteiger partial charge < -0.3 is 10.6 Å². The summed E-state index contributed by atoms with van der Waals surface area (Å²) in [6, 6.07) is 13.0. The van der Waals surface area contributed by atoms with Gasteiger partial charge in [-0.05, 0) is 66.6 Å². The summed E-state index contributed by atoms with van der Waals surface area (Å²) in [6.07, 6.45) is 6.00. The van der Waals surface area contributed by atoms with Crippen molar-refractivity contribution in [1.82, 2.24) is 20.8 Å². The Labute approximate surface area is 169 Å². The van der Waals surface area contributed by atoms with Crippen LogP contribution in [0.2, 0.25) is 0 Å². The van der Waals surface area contributed by atoms with E-state index in [1.54, 1.807) is 12.3 Å². The van der Waals surface area contributed by atoms with Crippen molar-refractivity contribution in [3.63, 3.8) is 0 Å². The van der Waals surface area contributed by atoms with E-state index in [1.165, 1.54) is 12.8 Å². The highest BCUT2D eigenvalue weighted by molar-refractivity contribution is 5.95. The van der Waals surface area contributed by atoms with Crippen molar-refractivity contribution in [3.8, 4) is 11.1 Å². The molecule has 0 aliphatic heterocycles. The van der Waals surface area contributed by atoms with Gasteiger partial charge >= 0.3 is 0 Å². The lowest BCUT2D eigenvalue weighted by atomic mass is 10.0. The number of nitrogens with zero attached hydrogens (tertiary/aromatic N) is 1. The third kappa shape index (κ3) is 4.71. The first-order chi connectivity index (χ1) is 14.1. The Hall–Kier alpha value is -3.41. The van der Waals surface area contributed by atoms with Gasteiger partial charge in [-0.25, -0.2) is 0 Å². The van der Waals surface area contributed by atoms with Crippen LogP contribution in [0.15, 0.2) is 54.9 Å². The molecular weight excluding hydrogens is 364 g/mol. The molecule has 1 fully saturated rings. The number of hydrogen-bond donors (Lipinski definition) is 3. The molecule has 6 nitrogen and oxygen atoms in total. The normalized spacial score (nSPS) is 13.1. The number of H-pyrrole nitrogens is 1. The van der Waals surface area contributed by atoms with Gasteiger partial charge in [-0.1, -0.05) is 18.2 Å². The van der Waals surface area contributed by atoms with E-state index in [0.29, 0.717) is 23.6 Å². The molecule has 4 rings (SSSR count). The summed E-state index contributed by atoms with van der Waals surface area (Å²) in [6.45, 7) is 3.09. The van der Waals surface area contributed by atoms with Gasteiger partial charge in [-0.15, -0.1) is 0 Å². The molecule has 2 amide bonds. The standard InChI is InChI=1S/C23H24N4O2/c1-15-9-19(7-8-21(15)20-13-26-27-14-20)23(29)25-12-17-3-2-4-18(10-17)22(28)24-11-16-5-6-16/h2-4,7-10,13-14,16H,5-6,11-12H2,1H3,(H,24,28)(H,25,29)(H,26,27). The molecule has 29 heavy (non-hydrogen) atoms. The molecule has 0 bridgehead atoms. The molecule has 0 spiro atoms. The van der Waals surface area contributed by atoms with Crippen LogP contribution < -0.4 is 10.6 Å². The number of nitrogens with one attached hydrogen (secondary N) is 3. The number of aromatic amines is 1. The van der Waals surface area contributed by atoms with Crippen LogP contribution in [-0.2, 0) is 6.54 Å². The zero-order valence-electron chi connectivity index (χ0n) is 16.4. The van der Waals surface area contributed by atoms with E-state index in [1.807, 2.05) is 49.5 Å². The Kier molecular flexibility index (Phi) is 5.42. The number of aromatic nitrogens is 2. The lowest BCUT2D eigenvalue weighted by Crippen LogP contribution is -2.26. The van der Waals surface area contributed by atoms with Gasteiger partial charge in [0.15, 0.2) is 0 Å². The van der Waals surface area contributed by atoms with Crippen LogP contribution in [0.1, 0.15) is 44.7 Å². The predicted octanol–water partition coefficient (Wildman–Crippen LogP) is 3.45. The van der Waals surface area contributed by atoms with Crippen LogP contribution in [0.25, 0.3) is 11.1 Å². The van der Waals surface area contributed by atoms with Crippen molar-refractivity contribution < 1.29 is 9.59 Å². The van der Waals surface area contributed by atoms with Gasteiger partial charge in [0.05, 0.1) is 6.20 Å². The molecule has 1 saturated carbocycles. The molecule has 1 aliphatic carbocycles. The summed E-state index contributed by atoms with van der Waals surface area (Å²) in [5.41, 5.74) is 5.16. The maximum absolute atomic E-state index is 12.6. The minimum absolute atomic E-state index is 0.0597. The van der Waals surface area contributed by atoms with Crippen LogP contribution in [0.5, 0.6) is 0 Å². The Bertz CT molecular complexity index is 1020. The fraction of sp³-hybridized carbons (Fsp3) is 0.261.